The van der Waals surface area contributed by atoms with Gasteiger partial charge in [0.25, 0.3) is 0 Å². The van der Waals surface area contributed by atoms with E-state index >= 15 is 0 Å². The molecule has 7 nitrogen and oxygen atoms in total. The monoisotopic (exact) mass is 301 g/mol. The lowest BCUT2D eigenvalue weighted by Crippen LogP contribution is -2.39. The van der Waals surface area contributed by atoms with E-state index in [2.05, 4.69) is 19.9 Å². The highest BCUT2D eigenvalue weighted by atomic mass is 16.5. The highest BCUT2D eigenvalue weighted by molar-refractivity contribution is 5.78. The molecule has 0 aromatic rings. The first-order valence-electron chi connectivity index (χ1n) is 7.54. The quantitative estimate of drug-likeness (QED) is 0.445. The second-order valence-corrected chi connectivity index (χ2v) is 5.22. The molecule has 122 valence electrons. The summed E-state index contributed by atoms with van der Waals surface area (Å²) >= 11 is 0. The lowest BCUT2D eigenvalue weighted by molar-refractivity contribution is -0.140. The molecular formula is C14H27N3O4. The molecule has 0 spiro atoms. The van der Waals surface area contributed by atoms with Gasteiger partial charge in [-0.25, -0.2) is 0 Å². The van der Waals surface area contributed by atoms with E-state index in [9.17, 15) is 9.59 Å². The van der Waals surface area contributed by atoms with Crippen LogP contribution in [-0.2, 0) is 14.3 Å². The summed E-state index contributed by atoms with van der Waals surface area (Å²) in [4.78, 5) is 27.1. The van der Waals surface area contributed by atoms with Gasteiger partial charge in [0.05, 0.1) is 20.3 Å². The lowest BCUT2D eigenvalue weighted by atomic mass is 10.3. The van der Waals surface area contributed by atoms with Gasteiger partial charge in [0.15, 0.2) is 0 Å². The van der Waals surface area contributed by atoms with Crippen LogP contribution in [0.15, 0.2) is 0 Å². The summed E-state index contributed by atoms with van der Waals surface area (Å²) in [6, 6.07) is 0. The van der Waals surface area contributed by atoms with Crippen LogP contribution >= 0.6 is 0 Å². The van der Waals surface area contributed by atoms with Gasteiger partial charge < -0.3 is 15.2 Å². The highest BCUT2D eigenvalue weighted by Crippen LogP contribution is 2.02. The molecule has 0 aliphatic carbocycles. The van der Waals surface area contributed by atoms with E-state index in [1.165, 1.54) is 7.11 Å². The lowest BCUT2D eigenvalue weighted by Gasteiger charge is -2.20. The fourth-order valence-corrected chi connectivity index (χ4v) is 2.37. The zero-order chi connectivity index (χ0) is 15.5. The molecule has 1 rings (SSSR count). The normalized spacial score (nSPS) is 17.2. The second kappa shape index (κ2) is 10.5. The fraction of sp³-hybridized carbons (Fsp3) is 0.857. The van der Waals surface area contributed by atoms with Crippen molar-refractivity contribution < 1.29 is 19.4 Å². The summed E-state index contributed by atoms with van der Waals surface area (Å²) in [5.41, 5.74) is 0. The Morgan fingerprint density at radius 1 is 1.19 bits per heavy atom. The number of ether oxygens (including phenoxy) is 1. The highest BCUT2D eigenvalue weighted by Gasteiger charge is 2.16. The van der Waals surface area contributed by atoms with Crippen molar-refractivity contribution in [3.05, 3.63) is 0 Å². The maximum absolute atomic E-state index is 11.8. The van der Waals surface area contributed by atoms with Gasteiger partial charge in [-0.05, 0) is 25.9 Å². The van der Waals surface area contributed by atoms with Crippen molar-refractivity contribution in [3.63, 3.8) is 0 Å². The first kappa shape index (κ1) is 17.9. The minimum atomic E-state index is -0.249. The smallest absolute Gasteiger partial charge is 0.305 e. The van der Waals surface area contributed by atoms with Gasteiger partial charge >= 0.3 is 5.97 Å². The Labute approximate surface area is 126 Å². The standard InChI is InChI=1S/C14H27N3O4/c1-21-14(20)4-2-5-15-13(19)12-17-7-3-6-16(8-9-17)10-11-18/h18H,2-12H2,1H3,(H,15,19). The number of methoxy groups -OCH3 is 1. The largest absolute Gasteiger partial charge is 0.469 e. The molecule has 1 amide bonds. The Bertz CT molecular complexity index is 325. The van der Waals surface area contributed by atoms with Gasteiger partial charge in [-0.15, -0.1) is 0 Å². The molecule has 1 heterocycles. The molecular weight excluding hydrogens is 274 g/mol. The first-order chi connectivity index (χ1) is 10.2. The maximum Gasteiger partial charge on any atom is 0.305 e. The van der Waals surface area contributed by atoms with Gasteiger partial charge in [0.2, 0.25) is 5.91 Å². The van der Waals surface area contributed by atoms with E-state index in [1.807, 2.05) is 0 Å². The Balaban J connectivity index is 2.14. The maximum atomic E-state index is 11.8. The zero-order valence-corrected chi connectivity index (χ0v) is 12.8. The number of β-amino-alcohol motifs (C(OH)–C–C–N with tert-alkyl or cyclic N) is 1. The third kappa shape index (κ3) is 7.99. The predicted octanol–water partition coefficient (Wildman–Crippen LogP) is -0.944. The summed E-state index contributed by atoms with van der Waals surface area (Å²) in [5, 5.41) is 11.8. The molecule has 7 heteroatoms. The van der Waals surface area contributed by atoms with Gasteiger partial charge in [-0.1, -0.05) is 0 Å². The number of aliphatic hydroxyl groups excluding tert-OH is 1. The molecule has 0 aromatic heterocycles. The minimum Gasteiger partial charge on any atom is -0.469 e. The first-order valence-corrected chi connectivity index (χ1v) is 7.54. The average molecular weight is 301 g/mol. The Kier molecular flexibility index (Phi) is 8.96. The van der Waals surface area contributed by atoms with E-state index in [1.54, 1.807) is 0 Å². The summed E-state index contributed by atoms with van der Waals surface area (Å²) in [7, 11) is 1.36. The van der Waals surface area contributed by atoms with Crippen LogP contribution in [-0.4, -0.2) is 86.3 Å². The third-order valence-corrected chi connectivity index (χ3v) is 3.57. The zero-order valence-electron chi connectivity index (χ0n) is 12.8. The molecule has 0 saturated carbocycles. The van der Waals surface area contributed by atoms with Crippen LogP contribution in [0.25, 0.3) is 0 Å². The predicted molar refractivity (Wildman–Crippen MR) is 78.8 cm³/mol. The van der Waals surface area contributed by atoms with Crippen LogP contribution < -0.4 is 5.32 Å². The van der Waals surface area contributed by atoms with E-state index in [0.717, 1.165) is 32.6 Å². The van der Waals surface area contributed by atoms with Crippen LogP contribution in [0.3, 0.4) is 0 Å². The average Bonchev–Trinajstić information content (AvgIpc) is 2.69. The number of nitrogens with one attached hydrogen (secondary N) is 1. The number of carbonyl (C=O) groups excluding carboxylic acids is 2. The van der Waals surface area contributed by atoms with E-state index in [4.69, 9.17) is 5.11 Å². The Morgan fingerprint density at radius 2 is 1.90 bits per heavy atom. The SMILES string of the molecule is COC(=O)CCCNC(=O)CN1CCCN(CCO)CC1. The van der Waals surface area contributed by atoms with E-state index in [-0.39, 0.29) is 18.5 Å². The number of amides is 1. The molecule has 1 saturated heterocycles. The van der Waals surface area contributed by atoms with Crippen molar-refractivity contribution in [2.24, 2.45) is 0 Å². The number of hydrogen-bond acceptors (Lipinski definition) is 6. The van der Waals surface area contributed by atoms with Crippen molar-refractivity contribution in [2.45, 2.75) is 19.3 Å². The molecule has 21 heavy (non-hydrogen) atoms. The van der Waals surface area contributed by atoms with Gasteiger partial charge in [0.1, 0.15) is 0 Å². The summed E-state index contributed by atoms with van der Waals surface area (Å²) < 4.78 is 4.54. The fourth-order valence-electron chi connectivity index (χ4n) is 2.37. The van der Waals surface area contributed by atoms with Crippen molar-refractivity contribution in [1.82, 2.24) is 15.1 Å². The number of carbonyl (C=O) groups is 2. The van der Waals surface area contributed by atoms with E-state index < -0.39 is 0 Å². The molecule has 1 fully saturated rings. The van der Waals surface area contributed by atoms with Crippen molar-refractivity contribution in [2.75, 3.05) is 59.5 Å². The molecule has 1 aliphatic rings. The summed E-state index contributed by atoms with van der Waals surface area (Å²) in [6.45, 7) is 5.37. The topological polar surface area (TPSA) is 82.1 Å². The minimum absolute atomic E-state index is 0.00419. The third-order valence-electron chi connectivity index (χ3n) is 3.57. The molecule has 0 atom stereocenters. The molecule has 2 N–H and O–H groups in total. The molecule has 1 aliphatic heterocycles. The molecule has 0 bridgehead atoms. The van der Waals surface area contributed by atoms with Crippen LogP contribution in [0.2, 0.25) is 0 Å². The van der Waals surface area contributed by atoms with Crippen LogP contribution in [0, 0.1) is 0 Å². The van der Waals surface area contributed by atoms with Crippen LogP contribution in [0.4, 0.5) is 0 Å². The van der Waals surface area contributed by atoms with Crippen molar-refractivity contribution in [3.8, 4) is 0 Å². The molecule has 0 aromatic carbocycles. The number of esters is 1. The van der Waals surface area contributed by atoms with Crippen LogP contribution in [0.5, 0.6) is 0 Å². The Morgan fingerprint density at radius 3 is 2.62 bits per heavy atom. The second-order valence-electron chi connectivity index (χ2n) is 5.22. The van der Waals surface area contributed by atoms with Crippen molar-refractivity contribution >= 4 is 11.9 Å². The number of aliphatic hydroxyl groups is 1. The van der Waals surface area contributed by atoms with Gasteiger partial charge in [-0.2, -0.15) is 0 Å². The number of nitrogens with zero attached hydrogens (tertiary/aromatic N) is 2. The summed E-state index contributed by atoms with van der Waals surface area (Å²) in [5.74, 6) is -0.254. The number of hydrogen-bond donors (Lipinski definition) is 2. The van der Waals surface area contributed by atoms with Crippen molar-refractivity contribution in [1.29, 1.82) is 0 Å². The van der Waals surface area contributed by atoms with E-state index in [0.29, 0.717) is 32.5 Å². The Hall–Kier alpha value is -1.18. The van der Waals surface area contributed by atoms with Crippen LogP contribution in [0.1, 0.15) is 19.3 Å². The van der Waals surface area contributed by atoms with Gasteiger partial charge in [0, 0.05) is 32.6 Å². The molecule has 0 radical (unpaired) electrons. The van der Waals surface area contributed by atoms with Gasteiger partial charge in [-0.3, -0.25) is 19.4 Å². The summed E-state index contributed by atoms with van der Waals surface area (Å²) in [6.07, 6.45) is 1.94. The number of rotatable bonds is 8. The molecule has 0 unspecified atom stereocenters.